The van der Waals surface area contributed by atoms with E-state index >= 15 is 0 Å². The average Bonchev–Trinajstić information content (AvgIpc) is 3.54. The summed E-state index contributed by atoms with van der Waals surface area (Å²) in [5, 5.41) is 9.25. The van der Waals surface area contributed by atoms with Gasteiger partial charge >= 0.3 is 0 Å². The molecule has 1 amide bonds. The predicted molar refractivity (Wildman–Crippen MR) is 117 cm³/mol. The number of amides is 1. The molecule has 9 nitrogen and oxygen atoms in total. The van der Waals surface area contributed by atoms with Crippen molar-refractivity contribution in [2.24, 2.45) is 0 Å². The van der Waals surface area contributed by atoms with Crippen molar-refractivity contribution >= 4 is 17.7 Å². The van der Waals surface area contributed by atoms with Gasteiger partial charge in [0, 0.05) is 31.6 Å². The van der Waals surface area contributed by atoms with Gasteiger partial charge in [0.15, 0.2) is 16.6 Å². The number of rotatable bonds is 5. The second-order valence-corrected chi connectivity index (χ2v) is 8.96. The molecule has 0 N–H and O–H groups in total. The van der Waals surface area contributed by atoms with Gasteiger partial charge in [0.05, 0.1) is 19.0 Å². The Morgan fingerprint density at radius 3 is 2.53 bits per heavy atom. The van der Waals surface area contributed by atoms with Crippen LogP contribution in [0.4, 0.5) is 0 Å². The van der Waals surface area contributed by atoms with Crippen LogP contribution in [0.1, 0.15) is 40.6 Å². The van der Waals surface area contributed by atoms with Crippen molar-refractivity contribution < 1.29 is 18.7 Å². The van der Waals surface area contributed by atoms with E-state index in [0.29, 0.717) is 56.5 Å². The maximum Gasteiger partial charge on any atom is 0.275 e. The van der Waals surface area contributed by atoms with Crippen molar-refractivity contribution in [3.63, 3.8) is 0 Å². The maximum absolute atomic E-state index is 12.8. The van der Waals surface area contributed by atoms with Crippen LogP contribution >= 0.6 is 11.8 Å². The number of likely N-dealkylation sites (tertiary alicyclic amines) is 1. The van der Waals surface area contributed by atoms with Crippen LogP contribution in [0.15, 0.2) is 40.1 Å². The maximum atomic E-state index is 12.8. The molecule has 168 valence electrons. The summed E-state index contributed by atoms with van der Waals surface area (Å²) in [7, 11) is 0. The van der Waals surface area contributed by atoms with Crippen molar-refractivity contribution in [1.82, 2.24) is 24.6 Å². The van der Waals surface area contributed by atoms with Gasteiger partial charge in [0.2, 0.25) is 5.89 Å². The Morgan fingerprint density at radius 1 is 1.09 bits per heavy atom. The lowest BCUT2D eigenvalue weighted by Gasteiger charge is -2.37. The van der Waals surface area contributed by atoms with Gasteiger partial charge in [-0.1, -0.05) is 29.5 Å². The molecule has 2 aliphatic rings. The molecule has 10 heteroatoms. The number of aryl methyl sites for hydroxylation is 2. The van der Waals surface area contributed by atoms with Crippen molar-refractivity contribution in [2.45, 2.75) is 43.4 Å². The molecule has 2 aromatic heterocycles. The highest BCUT2D eigenvalue weighted by atomic mass is 32.2. The number of carbonyl (C=O) groups excluding carboxylic acids is 1. The molecule has 0 radical (unpaired) electrons. The zero-order chi connectivity index (χ0) is 22.1. The number of hydrogen-bond acceptors (Lipinski definition) is 8. The first-order valence-electron chi connectivity index (χ1n) is 10.7. The van der Waals surface area contributed by atoms with Crippen LogP contribution in [0, 0.1) is 13.8 Å². The van der Waals surface area contributed by atoms with Crippen molar-refractivity contribution in [3.8, 4) is 5.69 Å². The number of hydrogen-bond donors (Lipinski definition) is 0. The number of aromatic nitrogens is 4. The standard InChI is InChI=1S/C22H25N5O4S/c1-15-3-5-17(6-4-15)27-16(2)24-25-21(27)32-14-19-23-18(13-29-19)20(28)26-9-7-22(8-10-26)30-11-12-31-22/h3-6,13H,7-12,14H2,1-2H3. The van der Waals surface area contributed by atoms with Crippen LogP contribution in [0.2, 0.25) is 0 Å². The molecule has 2 saturated heterocycles. The fourth-order valence-corrected chi connectivity index (χ4v) is 4.88. The molecular formula is C22H25N5O4S. The van der Waals surface area contributed by atoms with Gasteiger partial charge in [-0.25, -0.2) is 4.98 Å². The van der Waals surface area contributed by atoms with E-state index in [1.54, 1.807) is 4.90 Å². The number of nitrogens with zero attached hydrogens (tertiary/aromatic N) is 5. The number of carbonyl (C=O) groups is 1. The van der Waals surface area contributed by atoms with E-state index in [9.17, 15) is 4.79 Å². The van der Waals surface area contributed by atoms with Crippen LogP contribution < -0.4 is 0 Å². The van der Waals surface area contributed by atoms with E-state index < -0.39 is 5.79 Å². The second-order valence-electron chi connectivity index (χ2n) is 8.02. The molecule has 32 heavy (non-hydrogen) atoms. The Morgan fingerprint density at radius 2 is 1.81 bits per heavy atom. The van der Waals surface area contributed by atoms with E-state index in [1.807, 2.05) is 23.6 Å². The minimum atomic E-state index is -0.506. The molecule has 2 fully saturated rings. The zero-order valence-electron chi connectivity index (χ0n) is 18.1. The molecular weight excluding hydrogens is 430 g/mol. The second kappa shape index (κ2) is 8.68. The van der Waals surface area contributed by atoms with E-state index in [1.165, 1.54) is 23.6 Å². The zero-order valence-corrected chi connectivity index (χ0v) is 18.9. The lowest BCUT2D eigenvalue weighted by molar-refractivity contribution is -0.181. The average molecular weight is 456 g/mol. The molecule has 1 aromatic carbocycles. The Bertz CT molecular complexity index is 1090. The van der Waals surface area contributed by atoms with E-state index in [2.05, 4.69) is 34.2 Å². The van der Waals surface area contributed by atoms with Gasteiger partial charge < -0.3 is 18.8 Å². The Balaban J connectivity index is 1.22. The number of thioether (sulfide) groups is 1. The fourth-order valence-electron chi connectivity index (χ4n) is 4.03. The molecule has 1 spiro atoms. The summed E-state index contributed by atoms with van der Waals surface area (Å²) in [5.74, 6) is 1.09. The summed E-state index contributed by atoms with van der Waals surface area (Å²) >= 11 is 1.47. The summed E-state index contributed by atoms with van der Waals surface area (Å²) in [6.45, 7) is 6.37. The van der Waals surface area contributed by atoms with Crippen LogP contribution in [0.5, 0.6) is 0 Å². The normalized spacial score (nSPS) is 17.9. The van der Waals surface area contributed by atoms with Gasteiger partial charge in [-0.15, -0.1) is 10.2 Å². The summed E-state index contributed by atoms with van der Waals surface area (Å²) in [6, 6.07) is 8.20. The van der Waals surface area contributed by atoms with Gasteiger partial charge in [-0.3, -0.25) is 9.36 Å². The monoisotopic (exact) mass is 455 g/mol. The van der Waals surface area contributed by atoms with Crippen LogP contribution in [0.25, 0.3) is 5.69 Å². The van der Waals surface area contributed by atoms with Gasteiger partial charge in [0.25, 0.3) is 5.91 Å². The third-order valence-electron chi connectivity index (χ3n) is 5.81. The summed E-state index contributed by atoms with van der Waals surface area (Å²) in [6.07, 6.45) is 2.78. The van der Waals surface area contributed by atoms with Crippen LogP contribution in [-0.2, 0) is 15.2 Å². The number of ether oxygens (including phenoxy) is 2. The molecule has 2 aliphatic heterocycles. The largest absolute Gasteiger partial charge is 0.447 e. The molecule has 0 atom stereocenters. The SMILES string of the molecule is Cc1ccc(-n2c(C)nnc2SCc2nc(C(=O)N3CCC4(CC3)OCCO4)co2)cc1. The fraction of sp³-hybridized carbons (Fsp3) is 0.455. The lowest BCUT2D eigenvalue weighted by atomic mass is 10.0. The quantitative estimate of drug-likeness (QED) is 0.542. The van der Waals surface area contributed by atoms with Gasteiger partial charge in [-0.05, 0) is 26.0 Å². The minimum Gasteiger partial charge on any atom is -0.447 e. The highest BCUT2D eigenvalue weighted by Crippen LogP contribution is 2.32. The van der Waals surface area contributed by atoms with Gasteiger partial charge in [-0.2, -0.15) is 0 Å². The van der Waals surface area contributed by atoms with E-state index in [4.69, 9.17) is 13.9 Å². The smallest absolute Gasteiger partial charge is 0.275 e. The van der Waals surface area contributed by atoms with E-state index in [-0.39, 0.29) is 5.91 Å². The molecule has 4 heterocycles. The molecule has 0 aliphatic carbocycles. The molecule has 0 bridgehead atoms. The van der Waals surface area contributed by atoms with Crippen molar-refractivity contribution in [3.05, 3.63) is 53.5 Å². The first-order chi connectivity index (χ1) is 15.5. The molecule has 0 saturated carbocycles. The first kappa shape index (κ1) is 21.2. The third kappa shape index (κ3) is 4.17. The van der Waals surface area contributed by atoms with Crippen LogP contribution in [-0.4, -0.2) is 62.6 Å². The third-order valence-corrected chi connectivity index (χ3v) is 6.72. The van der Waals surface area contributed by atoms with Gasteiger partial charge in [0.1, 0.15) is 12.1 Å². The first-order valence-corrected chi connectivity index (χ1v) is 11.6. The molecule has 3 aromatic rings. The predicted octanol–water partition coefficient (Wildman–Crippen LogP) is 3.14. The summed E-state index contributed by atoms with van der Waals surface area (Å²) in [4.78, 5) is 19.0. The van der Waals surface area contributed by atoms with E-state index in [0.717, 1.165) is 16.7 Å². The minimum absolute atomic E-state index is 0.128. The highest BCUT2D eigenvalue weighted by Gasteiger charge is 2.41. The van der Waals surface area contributed by atoms with Crippen molar-refractivity contribution in [1.29, 1.82) is 0 Å². The summed E-state index contributed by atoms with van der Waals surface area (Å²) < 4.78 is 19.0. The highest BCUT2D eigenvalue weighted by molar-refractivity contribution is 7.98. The molecule has 5 rings (SSSR count). The Kier molecular flexibility index (Phi) is 5.75. The molecule has 0 unspecified atom stereocenters. The number of oxazole rings is 1. The van der Waals surface area contributed by atoms with Crippen molar-refractivity contribution in [2.75, 3.05) is 26.3 Å². The number of benzene rings is 1. The van der Waals surface area contributed by atoms with Crippen LogP contribution in [0.3, 0.4) is 0 Å². The Labute approximate surface area is 190 Å². The topological polar surface area (TPSA) is 95.5 Å². The number of piperidine rings is 1. The summed E-state index contributed by atoms with van der Waals surface area (Å²) in [5.41, 5.74) is 2.51. The lowest BCUT2D eigenvalue weighted by Crippen LogP contribution is -2.47. The Hall–Kier alpha value is -2.69.